The van der Waals surface area contributed by atoms with Crippen LogP contribution < -0.4 is 5.32 Å². The average Bonchev–Trinajstić information content (AvgIpc) is 3.29. The molecule has 0 saturated heterocycles. The molecule has 0 spiro atoms. The summed E-state index contributed by atoms with van der Waals surface area (Å²) in [6.07, 6.45) is 8.20. The van der Waals surface area contributed by atoms with Crippen LogP contribution in [0.3, 0.4) is 0 Å². The third-order valence-corrected chi connectivity index (χ3v) is 10.8. The maximum atomic E-state index is 13.5. The number of para-hydroxylation sites is 1. The number of hydrogen-bond acceptors (Lipinski definition) is 5. The zero-order valence-corrected chi connectivity index (χ0v) is 20.7. The number of pyridine rings is 1. The lowest BCUT2D eigenvalue weighted by Gasteiger charge is -2.59. The van der Waals surface area contributed by atoms with E-state index in [1.807, 2.05) is 30.3 Å². The van der Waals surface area contributed by atoms with Gasteiger partial charge in [0.2, 0.25) is 14.9 Å². The highest BCUT2D eigenvalue weighted by Gasteiger charge is 2.53. The Kier molecular flexibility index (Phi) is 4.60. The Hall–Kier alpha value is -2.93. The molecule has 35 heavy (non-hydrogen) atoms. The Morgan fingerprint density at radius 1 is 0.914 bits per heavy atom. The van der Waals surface area contributed by atoms with Gasteiger partial charge in [0.1, 0.15) is 5.52 Å². The lowest BCUT2D eigenvalue weighted by atomic mass is 9.48. The number of hydrogen-bond donors (Lipinski definition) is 1. The van der Waals surface area contributed by atoms with Crippen molar-refractivity contribution in [2.75, 3.05) is 5.32 Å². The van der Waals surface area contributed by atoms with Crippen molar-refractivity contribution >= 4 is 31.9 Å². The van der Waals surface area contributed by atoms with Gasteiger partial charge in [0.05, 0.1) is 10.4 Å². The van der Waals surface area contributed by atoms with Crippen LogP contribution in [-0.4, -0.2) is 29.3 Å². The molecule has 0 radical (unpaired) electrons. The van der Waals surface area contributed by atoms with Gasteiger partial charge < -0.3 is 5.32 Å². The number of nitrogens with zero attached hydrogens (tertiary/aromatic N) is 3. The first-order chi connectivity index (χ1) is 16.9. The lowest BCUT2D eigenvalue weighted by molar-refractivity contribution is -0.0602. The van der Waals surface area contributed by atoms with Crippen molar-refractivity contribution in [1.29, 1.82) is 0 Å². The summed E-state index contributed by atoms with van der Waals surface area (Å²) in [6.45, 7) is 2.34. The molecule has 4 fully saturated rings. The normalized spacial score (nSPS) is 28.5. The molecule has 2 aromatic heterocycles. The maximum Gasteiger partial charge on any atom is 0.227 e. The summed E-state index contributed by atoms with van der Waals surface area (Å²) in [5.41, 5.74) is 2.66. The molecule has 180 valence electrons. The predicted octanol–water partition coefficient (Wildman–Crippen LogP) is 5.73. The zero-order chi connectivity index (χ0) is 23.8. The molecular formula is C28H30N4O2S. The molecule has 1 N–H and O–H groups in total. The molecule has 1 atom stereocenters. The molecule has 4 aliphatic rings. The number of rotatable bonds is 5. The first-order valence-electron chi connectivity index (χ1n) is 12.8. The van der Waals surface area contributed by atoms with E-state index >= 15 is 0 Å². The van der Waals surface area contributed by atoms with Crippen molar-refractivity contribution in [2.24, 2.45) is 23.2 Å². The molecule has 6 nitrogen and oxygen atoms in total. The van der Waals surface area contributed by atoms with E-state index in [1.165, 1.54) is 38.5 Å². The van der Waals surface area contributed by atoms with Crippen molar-refractivity contribution in [3.63, 3.8) is 0 Å². The summed E-state index contributed by atoms with van der Waals surface area (Å²) in [5.74, 6) is 2.64. The van der Waals surface area contributed by atoms with Gasteiger partial charge in [-0.1, -0.05) is 41.6 Å². The summed E-state index contributed by atoms with van der Waals surface area (Å²) in [6, 6.07) is 18.8. The number of aromatic nitrogens is 3. The summed E-state index contributed by atoms with van der Waals surface area (Å²) in [5, 5.41) is 13.3. The fourth-order valence-corrected chi connectivity index (χ4v) is 9.10. The Morgan fingerprint density at radius 2 is 1.54 bits per heavy atom. The summed E-state index contributed by atoms with van der Waals surface area (Å²) in [7, 11) is -3.80. The van der Waals surface area contributed by atoms with Crippen LogP contribution in [0.1, 0.15) is 45.4 Å². The smallest absolute Gasteiger partial charge is 0.227 e. The average molecular weight is 487 g/mol. The molecule has 4 aromatic rings. The molecule has 2 aromatic carbocycles. The second-order valence-corrected chi connectivity index (χ2v) is 13.1. The Balaban J connectivity index is 1.34. The molecule has 0 aliphatic heterocycles. The van der Waals surface area contributed by atoms with Crippen LogP contribution in [0.15, 0.2) is 70.6 Å². The number of anilines is 1. The van der Waals surface area contributed by atoms with E-state index in [9.17, 15) is 8.42 Å². The van der Waals surface area contributed by atoms with Gasteiger partial charge in [0, 0.05) is 17.1 Å². The van der Waals surface area contributed by atoms with Crippen LogP contribution in [-0.2, 0) is 9.84 Å². The van der Waals surface area contributed by atoms with Gasteiger partial charge >= 0.3 is 0 Å². The van der Waals surface area contributed by atoms with Gasteiger partial charge in [-0.05, 0) is 92.9 Å². The summed E-state index contributed by atoms with van der Waals surface area (Å²) < 4.78 is 28.6. The highest BCUT2D eigenvalue weighted by Crippen LogP contribution is 2.61. The second-order valence-electron chi connectivity index (χ2n) is 11.2. The van der Waals surface area contributed by atoms with Gasteiger partial charge in [-0.15, -0.1) is 5.10 Å². The van der Waals surface area contributed by atoms with E-state index in [0.717, 1.165) is 34.3 Å². The van der Waals surface area contributed by atoms with Gasteiger partial charge in [-0.2, -0.15) is 0 Å². The molecule has 0 amide bonds. The first kappa shape index (κ1) is 21.4. The van der Waals surface area contributed by atoms with E-state index in [1.54, 1.807) is 28.8 Å². The van der Waals surface area contributed by atoms with Crippen LogP contribution in [0.2, 0.25) is 0 Å². The van der Waals surface area contributed by atoms with Gasteiger partial charge in [0.25, 0.3) is 0 Å². The highest BCUT2D eigenvalue weighted by molar-refractivity contribution is 7.91. The number of nitrogens with one attached hydrogen (secondary N) is 1. The molecule has 1 unspecified atom stereocenters. The van der Waals surface area contributed by atoms with Crippen molar-refractivity contribution in [2.45, 2.75) is 61.4 Å². The van der Waals surface area contributed by atoms with E-state index < -0.39 is 9.84 Å². The third kappa shape index (κ3) is 3.24. The molecule has 4 bridgehead atoms. The molecular weight excluding hydrogens is 456 g/mol. The van der Waals surface area contributed by atoms with E-state index in [-0.39, 0.29) is 9.92 Å². The lowest BCUT2D eigenvalue weighted by Crippen LogP contribution is -2.52. The van der Waals surface area contributed by atoms with E-state index in [2.05, 4.69) is 28.6 Å². The van der Waals surface area contributed by atoms with Gasteiger partial charge in [0.15, 0.2) is 0 Å². The van der Waals surface area contributed by atoms with E-state index in [4.69, 9.17) is 0 Å². The summed E-state index contributed by atoms with van der Waals surface area (Å²) in [4.78, 5) is 0.229. The maximum absolute atomic E-state index is 13.5. The molecule has 4 saturated carbocycles. The van der Waals surface area contributed by atoms with Crippen LogP contribution in [0.25, 0.3) is 16.4 Å². The minimum atomic E-state index is -3.80. The van der Waals surface area contributed by atoms with Crippen molar-refractivity contribution in [3.05, 3.63) is 60.7 Å². The molecule has 4 aliphatic carbocycles. The Labute approximate surface area is 205 Å². The molecule has 7 heteroatoms. The van der Waals surface area contributed by atoms with Gasteiger partial charge in [-0.25, -0.2) is 12.9 Å². The second kappa shape index (κ2) is 7.53. The van der Waals surface area contributed by atoms with Gasteiger partial charge in [-0.3, -0.25) is 0 Å². The Bertz CT molecular complexity index is 1510. The van der Waals surface area contributed by atoms with Crippen molar-refractivity contribution in [1.82, 2.24) is 14.8 Å². The first-order valence-corrected chi connectivity index (χ1v) is 14.3. The van der Waals surface area contributed by atoms with E-state index in [0.29, 0.717) is 17.0 Å². The molecule has 8 rings (SSSR count). The number of benzene rings is 2. The SMILES string of the molecule is CC(Nc1cc2c(S(=O)(=O)c3ccccc3)nnn2c2ccccc12)C12CC3CC(CC(C3)C1)C2. The zero-order valence-electron chi connectivity index (χ0n) is 19.9. The van der Waals surface area contributed by atoms with Crippen LogP contribution >= 0.6 is 0 Å². The number of fused-ring (bicyclic) bond motifs is 3. The number of sulfone groups is 1. The minimum absolute atomic E-state index is 0.0000365. The quantitative estimate of drug-likeness (QED) is 0.390. The van der Waals surface area contributed by atoms with Crippen molar-refractivity contribution < 1.29 is 8.42 Å². The summed E-state index contributed by atoms with van der Waals surface area (Å²) >= 11 is 0. The minimum Gasteiger partial charge on any atom is -0.381 e. The van der Waals surface area contributed by atoms with Crippen molar-refractivity contribution in [3.8, 4) is 0 Å². The fraction of sp³-hybridized carbons (Fsp3) is 0.429. The van der Waals surface area contributed by atoms with Crippen LogP contribution in [0, 0.1) is 23.2 Å². The van der Waals surface area contributed by atoms with Crippen LogP contribution in [0.4, 0.5) is 5.69 Å². The molecule has 2 heterocycles. The standard InChI is InChI=1S/C28H30N4O2S/c1-18(28-15-19-11-20(16-28)13-21(12-19)17-28)29-24-14-26-27(35(33,34)22-7-3-2-4-8-22)30-31-32(26)25-10-6-5-9-23(24)25/h2-10,14,18-21,29H,11-13,15-17H2,1H3. The fourth-order valence-electron chi connectivity index (χ4n) is 7.79. The third-order valence-electron chi connectivity index (χ3n) is 9.06. The predicted molar refractivity (Wildman–Crippen MR) is 136 cm³/mol. The largest absolute Gasteiger partial charge is 0.381 e. The Morgan fingerprint density at radius 3 is 2.23 bits per heavy atom. The van der Waals surface area contributed by atoms with Crippen LogP contribution in [0.5, 0.6) is 0 Å². The topological polar surface area (TPSA) is 76.4 Å². The monoisotopic (exact) mass is 486 g/mol. The highest BCUT2D eigenvalue weighted by atomic mass is 32.2.